The van der Waals surface area contributed by atoms with Gasteiger partial charge in [-0.2, -0.15) is 0 Å². The number of halogens is 2. The van der Waals surface area contributed by atoms with Gasteiger partial charge in [-0.3, -0.25) is 9.78 Å². The van der Waals surface area contributed by atoms with Gasteiger partial charge in [0.25, 0.3) is 5.91 Å². The highest BCUT2D eigenvalue weighted by Crippen LogP contribution is 2.15. The summed E-state index contributed by atoms with van der Waals surface area (Å²) in [5, 5.41) is 2.48. The predicted octanol–water partition coefficient (Wildman–Crippen LogP) is 3.24. The average Bonchev–Trinajstić information content (AvgIpc) is 2.32. The zero-order valence-electron chi connectivity index (χ0n) is 8.65. The summed E-state index contributed by atoms with van der Waals surface area (Å²) < 4.78 is 14.0. The summed E-state index contributed by atoms with van der Waals surface area (Å²) in [6.07, 6.45) is 2.99. The standard InChI is InChI=1S/C12H8BrFN2O/c13-9-5-8(6-15-7-9)12(17)16-11-4-2-1-3-10(11)14/h1-7H,(H,16,17). The summed E-state index contributed by atoms with van der Waals surface area (Å²) in [5.74, 6) is -0.868. The molecule has 0 spiro atoms. The van der Waals surface area contributed by atoms with Crippen LogP contribution in [0.1, 0.15) is 10.4 Å². The van der Waals surface area contributed by atoms with Crippen LogP contribution in [0.15, 0.2) is 47.2 Å². The SMILES string of the molecule is O=C(Nc1ccccc1F)c1cncc(Br)c1. The highest BCUT2D eigenvalue weighted by atomic mass is 79.9. The number of para-hydroxylation sites is 1. The molecule has 0 saturated carbocycles. The summed E-state index contributed by atoms with van der Waals surface area (Å²) in [7, 11) is 0. The number of carbonyl (C=O) groups is 1. The monoisotopic (exact) mass is 294 g/mol. The Hall–Kier alpha value is -1.75. The molecule has 2 aromatic rings. The molecule has 0 radical (unpaired) electrons. The van der Waals surface area contributed by atoms with E-state index in [1.54, 1.807) is 24.4 Å². The summed E-state index contributed by atoms with van der Waals surface area (Å²) in [4.78, 5) is 15.6. The molecule has 17 heavy (non-hydrogen) atoms. The van der Waals surface area contributed by atoms with E-state index < -0.39 is 11.7 Å². The lowest BCUT2D eigenvalue weighted by atomic mass is 10.2. The van der Waals surface area contributed by atoms with Crippen LogP contribution in [0.3, 0.4) is 0 Å². The number of nitrogens with one attached hydrogen (secondary N) is 1. The van der Waals surface area contributed by atoms with Crippen LogP contribution in [0.5, 0.6) is 0 Å². The summed E-state index contributed by atoms with van der Waals surface area (Å²) in [6.45, 7) is 0. The van der Waals surface area contributed by atoms with Crippen LogP contribution < -0.4 is 5.32 Å². The van der Waals surface area contributed by atoms with Gasteiger partial charge in [-0.15, -0.1) is 0 Å². The highest BCUT2D eigenvalue weighted by Gasteiger charge is 2.09. The molecule has 0 aliphatic heterocycles. The Bertz CT molecular complexity index is 560. The molecular formula is C12H8BrFN2O. The lowest BCUT2D eigenvalue weighted by Gasteiger charge is -2.05. The van der Waals surface area contributed by atoms with Crippen molar-refractivity contribution in [2.45, 2.75) is 0 Å². The number of nitrogens with zero attached hydrogens (tertiary/aromatic N) is 1. The minimum Gasteiger partial charge on any atom is -0.319 e. The number of benzene rings is 1. The Labute approximate surface area is 106 Å². The Balaban J connectivity index is 2.20. The fourth-order valence-electron chi connectivity index (χ4n) is 1.29. The summed E-state index contributed by atoms with van der Waals surface area (Å²) in [6, 6.07) is 7.61. The molecule has 0 saturated heterocycles. The van der Waals surface area contributed by atoms with Crippen molar-refractivity contribution in [2.24, 2.45) is 0 Å². The molecule has 0 bridgehead atoms. The molecule has 0 fully saturated rings. The maximum absolute atomic E-state index is 13.3. The van der Waals surface area contributed by atoms with E-state index in [1.807, 2.05) is 0 Å². The van der Waals surface area contributed by atoms with Crippen molar-refractivity contribution < 1.29 is 9.18 Å². The third-order valence-electron chi connectivity index (χ3n) is 2.09. The van der Waals surface area contributed by atoms with Crippen LogP contribution in [-0.2, 0) is 0 Å². The van der Waals surface area contributed by atoms with Crippen LogP contribution in [0.2, 0.25) is 0 Å². The van der Waals surface area contributed by atoms with Crippen molar-refractivity contribution in [1.29, 1.82) is 0 Å². The molecule has 1 N–H and O–H groups in total. The lowest BCUT2D eigenvalue weighted by molar-refractivity contribution is 0.102. The smallest absolute Gasteiger partial charge is 0.257 e. The van der Waals surface area contributed by atoms with E-state index >= 15 is 0 Å². The van der Waals surface area contributed by atoms with E-state index in [1.165, 1.54) is 18.3 Å². The highest BCUT2D eigenvalue weighted by molar-refractivity contribution is 9.10. The van der Waals surface area contributed by atoms with Gasteiger partial charge in [-0.25, -0.2) is 4.39 Å². The quantitative estimate of drug-likeness (QED) is 0.924. The number of rotatable bonds is 2. The maximum atomic E-state index is 13.3. The van der Waals surface area contributed by atoms with Gasteiger partial charge in [0.05, 0.1) is 11.3 Å². The van der Waals surface area contributed by atoms with Gasteiger partial charge >= 0.3 is 0 Å². The molecule has 0 atom stereocenters. The van der Waals surface area contributed by atoms with E-state index in [-0.39, 0.29) is 5.69 Å². The van der Waals surface area contributed by atoms with Crippen LogP contribution in [0.4, 0.5) is 10.1 Å². The fraction of sp³-hybridized carbons (Fsp3) is 0. The second-order valence-corrected chi connectivity index (χ2v) is 4.24. The zero-order chi connectivity index (χ0) is 12.3. The van der Waals surface area contributed by atoms with Crippen molar-refractivity contribution >= 4 is 27.5 Å². The molecule has 1 amide bonds. The summed E-state index contributed by atoms with van der Waals surface area (Å²) >= 11 is 3.21. The number of amides is 1. The first-order valence-corrected chi connectivity index (χ1v) is 5.62. The van der Waals surface area contributed by atoms with Gasteiger partial charge in [-0.1, -0.05) is 12.1 Å². The molecule has 0 aliphatic rings. The predicted molar refractivity (Wildman–Crippen MR) is 66.3 cm³/mol. The number of anilines is 1. The summed E-state index contributed by atoms with van der Waals surface area (Å²) in [5.41, 5.74) is 0.514. The molecule has 1 aromatic carbocycles. The van der Waals surface area contributed by atoms with Gasteiger partial charge in [0, 0.05) is 16.9 Å². The van der Waals surface area contributed by atoms with Crippen molar-refractivity contribution in [3.63, 3.8) is 0 Å². The molecule has 1 aromatic heterocycles. The number of hydrogen-bond acceptors (Lipinski definition) is 2. The second kappa shape index (κ2) is 5.05. The lowest BCUT2D eigenvalue weighted by Crippen LogP contribution is -2.13. The molecule has 0 unspecified atom stereocenters. The fourth-order valence-corrected chi connectivity index (χ4v) is 1.66. The zero-order valence-corrected chi connectivity index (χ0v) is 10.2. The van der Waals surface area contributed by atoms with Gasteiger partial charge in [-0.05, 0) is 34.1 Å². The van der Waals surface area contributed by atoms with Crippen molar-refractivity contribution in [1.82, 2.24) is 4.98 Å². The number of aromatic nitrogens is 1. The first kappa shape index (κ1) is 11.7. The van der Waals surface area contributed by atoms with Crippen LogP contribution in [-0.4, -0.2) is 10.9 Å². The molecule has 0 aliphatic carbocycles. The first-order chi connectivity index (χ1) is 8.16. The third-order valence-corrected chi connectivity index (χ3v) is 2.52. The first-order valence-electron chi connectivity index (χ1n) is 4.83. The number of carbonyl (C=O) groups excluding carboxylic acids is 1. The van der Waals surface area contributed by atoms with Crippen molar-refractivity contribution in [3.05, 3.63) is 58.6 Å². The normalized spacial score (nSPS) is 10.0. The molecule has 2 rings (SSSR count). The Morgan fingerprint density at radius 1 is 1.29 bits per heavy atom. The Kier molecular flexibility index (Phi) is 3.49. The van der Waals surface area contributed by atoms with E-state index in [0.29, 0.717) is 10.0 Å². The number of pyridine rings is 1. The molecular weight excluding hydrogens is 287 g/mol. The molecule has 3 nitrogen and oxygen atoms in total. The van der Waals surface area contributed by atoms with Gasteiger partial charge in [0.2, 0.25) is 0 Å². The van der Waals surface area contributed by atoms with Crippen LogP contribution in [0, 0.1) is 5.82 Å². The largest absolute Gasteiger partial charge is 0.319 e. The minimum absolute atomic E-state index is 0.150. The average molecular weight is 295 g/mol. The van der Waals surface area contributed by atoms with Crippen molar-refractivity contribution in [3.8, 4) is 0 Å². The van der Waals surface area contributed by atoms with E-state index in [2.05, 4.69) is 26.2 Å². The molecule has 1 heterocycles. The number of hydrogen-bond donors (Lipinski definition) is 1. The van der Waals surface area contributed by atoms with E-state index in [4.69, 9.17) is 0 Å². The topological polar surface area (TPSA) is 42.0 Å². The minimum atomic E-state index is -0.469. The molecule has 86 valence electrons. The van der Waals surface area contributed by atoms with E-state index in [9.17, 15) is 9.18 Å². The van der Waals surface area contributed by atoms with Crippen LogP contribution in [0.25, 0.3) is 0 Å². The second-order valence-electron chi connectivity index (χ2n) is 3.33. The van der Waals surface area contributed by atoms with Gasteiger partial charge < -0.3 is 5.32 Å². The van der Waals surface area contributed by atoms with Gasteiger partial charge in [0.15, 0.2) is 0 Å². The molecule has 5 heteroatoms. The maximum Gasteiger partial charge on any atom is 0.257 e. The Morgan fingerprint density at radius 2 is 2.06 bits per heavy atom. The third kappa shape index (κ3) is 2.88. The van der Waals surface area contributed by atoms with Crippen molar-refractivity contribution in [2.75, 3.05) is 5.32 Å². The Morgan fingerprint density at radius 3 is 2.76 bits per heavy atom. The van der Waals surface area contributed by atoms with Crippen LogP contribution >= 0.6 is 15.9 Å². The van der Waals surface area contributed by atoms with Gasteiger partial charge in [0.1, 0.15) is 5.82 Å². The van der Waals surface area contributed by atoms with E-state index in [0.717, 1.165) is 0 Å².